The lowest BCUT2D eigenvalue weighted by Crippen LogP contribution is -2.50. The molecule has 1 spiro atoms. The van der Waals surface area contributed by atoms with Crippen LogP contribution in [0.1, 0.15) is 24.8 Å². The van der Waals surface area contributed by atoms with E-state index in [-0.39, 0.29) is 5.60 Å². The average Bonchev–Trinajstić information content (AvgIpc) is 3.07. The molecule has 4 rings (SSSR count). The van der Waals surface area contributed by atoms with Crippen molar-refractivity contribution in [3.05, 3.63) is 29.8 Å². The van der Waals surface area contributed by atoms with E-state index in [0.717, 1.165) is 38.1 Å². The first kappa shape index (κ1) is 16.8. The molecule has 1 atom stereocenters. The van der Waals surface area contributed by atoms with E-state index < -0.39 is 0 Å². The van der Waals surface area contributed by atoms with Crippen LogP contribution >= 0.6 is 0 Å². The number of hydrogen-bond acceptors (Lipinski definition) is 5. The summed E-state index contributed by atoms with van der Waals surface area (Å²) in [4.78, 5) is 7.48. The zero-order valence-corrected chi connectivity index (χ0v) is 15.2. The molecule has 3 heterocycles. The van der Waals surface area contributed by atoms with Gasteiger partial charge in [-0.2, -0.15) is 5.26 Å². The van der Waals surface area contributed by atoms with E-state index in [1.165, 1.54) is 38.3 Å². The first-order valence-electron chi connectivity index (χ1n) is 9.49. The minimum absolute atomic E-state index is 0.0944. The van der Waals surface area contributed by atoms with Gasteiger partial charge in [-0.1, -0.05) is 0 Å². The standard InChI is InChI=1S/C20H28N4O/c1-22-10-12-24(13-11-22)19-14-20(25-16-19)6-8-23(9-7-20)18-4-2-17(15-21)3-5-18/h2-5,19H,6-14,16H2,1H3/t19-/m1/s1. The van der Waals surface area contributed by atoms with E-state index in [1.807, 2.05) is 12.1 Å². The number of rotatable bonds is 2. The second kappa shape index (κ2) is 6.95. The van der Waals surface area contributed by atoms with Crippen LogP contribution < -0.4 is 4.90 Å². The van der Waals surface area contributed by atoms with Crippen LogP contribution in [0.5, 0.6) is 0 Å². The predicted molar refractivity (Wildman–Crippen MR) is 98.8 cm³/mol. The number of anilines is 1. The molecule has 0 amide bonds. The molecule has 3 fully saturated rings. The fraction of sp³-hybridized carbons (Fsp3) is 0.650. The SMILES string of the molecule is CN1CCN([C@H]2COC3(CCN(c4ccc(C#N)cc4)CC3)C2)CC1. The fourth-order valence-corrected chi connectivity index (χ4v) is 4.51. The van der Waals surface area contributed by atoms with Crippen LogP contribution in [-0.2, 0) is 4.74 Å². The Morgan fingerprint density at radius 1 is 1.04 bits per heavy atom. The van der Waals surface area contributed by atoms with Crippen LogP contribution in [0.3, 0.4) is 0 Å². The molecular weight excluding hydrogens is 312 g/mol. The van der Waals surface area contributed by atoms with Crippen molar-refractivity contribution in [3.8, 4) is 6.07 Å². The Morgan fingerprint density at radius 2 is 1.72 bits per heavy atom. The molecule has 0 bridgehead atoms. The van der Waals surface area contributed by atoms with E-state index in [4.69, 9.17) is 10.00 Å². The van der Waals surface area contributed by atoms with Gasteiger partial charge in [-0.25, -0.2) is 0 Å². The number of piperazine rings is 1. The summed E-state index contributed by atoms with van der Waals surface area (Å²) < 4.78 is 6.37. The molecule has 5 nitrogen and oxygen atoms in total. The maximum Gasteiger partial charge on any atom is 0.0991 e. The number of benzene rings is 1. The van der Waals surface area contributed by atoms with Crippen molar-refractivity contribution in [1.29, 1.82) is 5.26 Å². The minimum atomic E-state index is 0.0944. The molecule has 0 N–H and O–H groups in total. The van der Waals surface area contributed by atoms with E-state index >= 15 is 0 Å². The second-order valence-electron chi connectivity index (χ2n) is 7.84. The number of likely N-dealkylation sites (N-methyl/N-ethyl adjacent to an activating group) is 1. The van der Waals surface area contributed by atoms with Crippen molar-refractivity contribution >= 4 is 5.69 Å². The molecule has 3 saturated heterocycles. The summed E-state index contributed by atoms with van der Waals surface area (Å²) >= 11 is 0. The Bertz CT molecular complexity index is 622. The first-order valence-corrected chi connectivity index (χ1v) is 9.49. The lowest BCUT2D eigenvalue weighted by molar-refractivity contribution is -0.0163. The van der Waals surface area contributed by atoms with Crippen LogP contribution in [-0.4, -0.2) is 74.4 Å². The lowest BCUT2D eigenvalue weighted by Gasteiger charge is -2.40. The van der Waals surface area contributed by atoms with Crippen LogP contribution in [0.2, 0.25) is 0 Å². The predicted octanol–water partition coefficient (Wildman–Crippen LogP) is 1.93. The van der Waals surface area contributed by atoms with Gasteiger partial charge in [0, 0.05) is 51.0 Å². The second-order valence-corrected chi connectivity index (χ2v) is 7.84. The van der Waals surface area contributed by atoms with E-state index in [0.29, 0.717) is 6.04 Å². The Morgan fingerprint density at radius 3 is 2.36 bits per heavy atom. The summed E-state index contributed by atoms with van der Waals surface area (Å²) in [7, 11) is 2.21. The Balaban J connectivity index is 1.33. The number of hydrogen-bond donors (Lipinski definition) is 0. The molecule has 0 unspecified atom stereocenters. The smallest absolute Gasteiger partial charge is 0.0991 e. The Kier molecular flexibility index (Phi) is 4.68. The van der Waals surface area contributed by atoms with Crippen LogP contribution in [0.4, 0.5) is 5.69 Å². The van der Waals surface area contributed by atoms with Crippen molar-refractivity contribution in [2.45, 2.75) is 30.9 Å². The molecule has 0 aliphatic carbocycles. The maximum absolute atomic E-state index is 8.94. The molecule has 0 aromatic heterocycles. The van der Waals surface area contributed by atoms with Crippen molar-refractivity contribution < 1.29 is 4.74 Å². The molecular formula is C20H28N4O. The van der Waals surface area contributed by atoms with E-state index in [9.17, 15) is 0 Å². The van der Waals surface area contributed by atoms with Crippen molar-refractivity contribution in [2.75, 3.05) is 57.8 Å². The Labute approximate surface area is 150 Å². The topological polar surface area (TPSA) is 42.7 Å². The molecule has 3 aliphatic rings. The highest BCUT2D eigenvalue weighted by Gasteiger charge is 2.44. The average molecular weight is 340 g/mol. The highest BCUT2D eigenvalue weighted by Crippen LogP contribution is 2.38. The van der Waals surface area contributed by atoms with Crippen molar-refractivity contribution in [1.82, 2.24) is 9.80 Å². The van der Waals surface area contributed by atoms with E-state index in [1.54, 1.807) is 0 Å². The van der Waals surface area contributed by atoms with Gasteiger partial charge in [-0.3, -0.25) is 4.90 Å². The van der Waals surface area contributed by atoms with Gasteiger partial charge in [0.25, 0.3) is 0 Å². The Hall–Kier alpha value is -1.61. The third-order valence-electron chi connectivity index (χ3n) is 6.28. The summed E-state index contributed by atoms with van der Waals surface area (Å²) in [6, 6.07) is 10.8. The monoisotopic (exact) mass is 340 g/mol. The molecule has 3 aliphatic heterocycles. The minimum Gasteiger partial charge on any atom is -0.373 e. The quantitative estimate of drug-likeness (QED) is 0.823. The summed E-state index contributed by atoms with van der Waals surface area (Å²) in [5.41, 5.74) is 2.05. The number of nitriles is 1. The van der Waals surface area contributed by atoms with Gasteiger partial charge in [0.1, 0.15) is 0 Å². The first-order chi connectivity index (χ1) is 12.2. The third kappa shape index (κ3) is 3.52. The zero-order chi connectivity index (χ0) is 17.3. The normalized spacial score (nSPS) is 27.5. The molecule has 0 saturated carbocycles. The molecule has 5 heteroatoms. The van der Waals surface area contributed by atoms with Gasteiger partial charge < -0.3 is 14.5 Å². The highest BCUT2D eigenvalue weighted by atomic mass is 16.5. The van der Waals surface area contributed by atoms with Crippen molar-refractivity contribution in [2.24, 2.45) is 0 Å². The number of nitrogens with zero attached hydrogens (tertiary/aromatic N) is 4. The third-order valence-corrected chi connectivity index (χ3v) is 6.28. The van der Waals surface area contributed by atoms with Gasteiger partial charge in [0.2, 0.25) is 0 Å². The fourth-order valence-electron chi connectivity index (χ4n) is 4.51. The summed E-state index contributed by atoms with van der Waals surface area (Å²) in [5.74, 6) is 0. The summed E-state index contributed by atoms with van der Waals surface area (Å²) in [5, 5.41) is 8.94. The van der Waals surface area contributed by atoms with Gasteiger partial charge in [-0.15, -0.1) is 0 Å². The van der Waals surface area contributed by atoms with Gasteiger partial charge in [0.05, 0.1) is 23.8 Å². The molecule has 25 heavy (non-hydrogen) atoms. The van der Waals surface area contributed by atoms with Gasteiger partial charge in [-0.05, 0) is 50.6 Å². The maximum atomic E-state index is 8.94. The van der Waals surface area contributed by atoms with Crippen molar-refractivity contribution in [3.63, 3.8) is 0 Å². The molecule has 0 radical (unpaired) electrons. The van der Waals surface area contributed by atoms with Crippen LogP contribution in [0.15, 0.2) is 24.3 Å². The lowest BCUT2D eigenvalue weighted by atomic mass is 9.86. The van der Waals surface area contributed by atoms with Gasteiger partial charge >= 0.3 is 0 Å². The largest absolute Gasteiger partial charge is 0.373 e. The molecule has 134 valence electrons. The number of piperidine rings is 1. The van der Waals surface area contributed by atoms with Crippen LogP contribution in [0, 0.1) is 11.3 Å². The highest BCUT2D eigenvalue weighted by molar-refractivity contribution is 5.50. The molecule has 1 aromatic carbocycles. The summed E-state index contributed by atoms with van der Waals surface area (Å²) in [6.07, 6.45) is 3.41. The van der Waals surface area contributed by atoms with Gasteiger partial charge in [0.15, 0.2) is 0 Å². The van der Waals surface area contributed by atoms with E-state index in [2.05, 4.69) is 39.9 Å². The van der Waals surface area contributed by atoms with Crippen LogP contribution in [0.25, 0.3) is 0 Å². The zero-order valence-electron chi connectivity index (χ0n) is 15.2. The summed E-state index contributed by atoms with van der Waals surface area (Å²) in [6.45, 7) is 7.70. The molecule has 1 aromatic rings. The number of ether oxygens (including phenoxy) is 1.